The molecule has 0 saturated carbocycles. The zero-order chi connectivity index (χ0) is 12.1. The van der Waals surface area contributed by atoms with Gasteiger partial charge in [-0.3, -0.25) is 0 Å². The summed E-state index contributed by atoms with van der Waals surface area (Å²) in [4.78, 5) is 9.25. The van der Waals surface area contributed by atoms with Gasteiger partial charge in [-0.15, -0.1) is 0 Å². The fraction of sp³-hybridized carbons (Fsp3) is 0.714. The van der Waals surface area contributed by atoms with Crippen molar-refractivity contribution in [3.8, 4) is 0 Å². The van der Waals surface area contributed by atoms with Crippen molar-refractivity contribution in [2.45, 2.75) is 58.4 Å². The molecule has 1 aliphatic carbocycles. The van der Waals surface area contributed by atoms with Crippen LogP contribution >= 0.6 is 0 Å². The van der Waals surface area contributed by atoms with Crippen LogP contribution in [0.2, 0.25) is 0 Å². The van der Waals surface area contributed by atoms with Gasteiger partial charge in [0.2, 0.25) is 0 Å². The van der Waals surface area contributed by atoms with E-state index in [0.29, 0.717) is 6.04 Å². The van der Waals surface area contributed by atoms with E-state index in [9.17, 15) is 0 Å². The van der Waals surface area contributed by atoms with Crippen LogP contribution in [0.25, 0.3) is 0 Å². The highest BCUT2D eigenvalue weighted by Gasteiger charge is 2.19. The zero-order valence-corrected chi connectivity index (χ0v) is 11.0. The van der Waals surface area contributed by atoms with Gasteiger partial charge in [0.25, 0.3) is 0 Å². The van der Waals surface area contributed by atoms with Gasteiger partial charge < -0.3 is 5.32 Å². The maximum Gasteiger partial charge on any atom is 0.128 e. The minimum absolute atomic E-state index is 0.466. The Bertz CT molecular complexity index is 362. The third-order valence-corrected chi connectivity index (χ3v) is 3.41. The van der Waals surface area contributed by atoms with Crippen LogP contribution in [0.5, 0.6) is 0 Å². The number of nitrogens with one attached hydrogen (secondary N) is 1. The Morgan fingerprint density at radius 2 is 2.24 bits per heavy atom. The Labute approximate surface area is 104 Å². The van der Waals surface area contributed by atoms with Gasteiger partial charge in [-0.25, -0.2) is 9.97 Å². The minimum Gasteiger partial charge on any atom is -0.310 e. The third kappa shape index (κ3) is 3.03. The van der Waals surface area contributed by atoms with E-state index in [1.54, 1.807) is 0 Å². The van der Waals surface area contributed by atoms with E-state index in [1.807, 2.05) is 0 Å². The summed E-state index contributed by atoms with van der Waals surface area (Å²) in [7, 11) is 0. The first-order valence-electron chi connectivity index (χ1n) is 6.93. The van der Waals surface area contributed by atoms with E-state index in [4.69, 9.17) is 4.98 Å². The average molecular weight is 233 g/mol. The Kier molecular flexibility index (Phi) is 4.49. The van der Waals surface area contributed by atoms with E-state index in [0.717, 1.165) is 31.6 Å². The van der Waals surface area contributed by atoms with E-state index >= 15 is 0 Å². The average Bonchev–Trinajstić information content (AvgIpc) is 2.53. The predicted octanol–water partition coefficient (Wildman–Crippen LogP) is 2.81. The van der Waals surface area contributed by atoms with Crippen LogP contribution in [-0.2, 0) is 12.8 Å². The molecule has 3 nitrogen and oxygen atoms in total. The first-order valence-corrected chi connectivity index (χ1v) is 6.93. The monoisotopic (exact) mass is 233 g/mol. The van der Waals surface area contributed by atoms with Crippen LogP contribution in [0.15, 0.2) is 6.20 Å². The van der Waals surface area contributed by atoms with Crippen LogP contribution < -0.4 is 5.32 Å². The molecule has 94 valence electrons. The summed E-state index contributed by atoms with van der Waals surface area (Å²) in [6, 6.07) is 0.466. The highest BCUT2D eigenvalue weighted by Crippen LogP contribution is 2.27. The van der Waals surface area contributed by atoms with Gasteiger partial charge in [-0.1, -0.05) is 20.3 Å². The fourth-order valence-corrected chi connectivity index (χ4v) is 2.56. The molecule has 17 heavy (non-hydrogen) atoms. The fourth-order valence-electron chi connectivity index (χ4n) is 2.56. The van der Waals surface area contributed by atoms with E-state index in [-0.39, 0.29) is 0 Å². The topological polar surface area (TPSA) is 37.8 Å². The van der Waals surface area contributed by atoms with Gasteiger partial charge in [-0.05, 0) is 32.2 Å². The van der Waals surface area contributed by atoms with Crippen LogP contribution in [0, 0.1) is 0 Å². The largest absolute Gasteiger partial charge is 0.310 e. The molecular formula is C14H23N3. The van der Waals surface area contributed by atoms with Crippen molar-refractivity contribution in [2.75, 3.05) is 6.54 Å². The van der Waals surface area contributed by atoms with Gasteiger partial charge in [0.1, 0.15) is 5.82 Å². The Balaban J connectivity index is 2.25. The highest BCUT2D eigenvalue weighted by molar-refractivity contribution is 5.23. The quantitative estimate of drug-likeness (QED) is 0.813. The summed E-state index contributed by atoms with van der Waals surface area (Å²) in [6.07, 6.45) is 9.07. The molecule has 0 amide bonds. The molecule has 0 fully saturated rings. The van der Waals surface area contributed by atoms with Crippen molar-refractivity contribution < 1.29 is 0 Å². The van der Waals surface area contributed by atoms with Crippen LogP contribution in [0.3, 0.4) is 0 Å². The zero-order valence-electron chi connectivity index (χ0n) is 11.0. The van der Waals surface area contributed by atoms with Crippen molar-refractivity contribution in [3.05, 3.63) is 23.3 Å². The summed E-state index contributed by atoms with van der Waals surface area (Å²) in [5.41, 5.74) is 2.62. The molecule has 1 atom stereocenters. The van der Waals surface area contributed by atoms with Crippen LogP contribution in [0.4, 0.5) is 0 Å². The molecule has 1 N–H and O–H groups in total. The maximum atomic E-state index is 4.74. The molecule has 0 aromatic carbocycles. The number of nitrogens with zero attached hydrogens (tertiary/aromatic N) is 2. The normalized spacial score (nSPS) is 19.8. The van der Waals surface area contributed by atoms with E-state index in [2.05, 4.69) is 30.3 Å². The summed E-state index contributed by atoms with van der Waals surface area (Å²) >= 11 is 0. The van der Waals surface area contributed by atoms with Gasteiger partial charge in [0.15, 0.2) is 0 Å². The van der Waals surface area contributed by atoms with Crippen LogP contribution in [0.1, 0.15) is 62.7 Å². The molecule has 1 heterocycles. The Morgan fingerprint density at radius 1 is 1.35 bits per heavy atom. The number of hydrogen-bond acceptors (Lipinski definition) is 3. The molecular weight excluding hydrogens is 210 g/mol. The van der Waals surface area contributed by atoms with Gasteiger partial charge in [0, 0.05) is 29.9 Å². The Hall–Kier alpha value is -0.960. The molecule has 1 aliphatic rings. The second-order valence-corrected chi connectivity index (χ2v) is 4.79. The molecule has 1 unspecified atom stereocenters. The first-order chi connectivity index (χ1) is 8.35. The second kappa shape index (κ2) is 6.10. The first kappa shape index (κ1) is 12.5. The molecule has 3 heteroatoms. The number of rotatable bonds is 4. The highest BCUT2D eigenvalue weighted by atomic mass is 14.9. The van der Waals surface area contributed by atoms with Crippen LogP contribution in [-0.4, -0.2) is 16.5 Å². The standard InChI is InChI=1S/C14H23N3/c1-3-7-14-16-10-11-12(15-4-2)8-5-6-9-13(11)17-14/h10,12,15H,3-9H2,1-2H3. The molecule has 0 radical (unpaired) electrons. The lowest BCUT2D eigenvalue weighted by Crippen LogP contribution is -2.22. The SMILES string of the molecule is CCCc1ncc2c(n1)CCCCC2NCC. The lowest BCUT2D eigenvalue weighted by atomic mass is 10.0. The third-order valence-electron chi connectivity index (χ3n) is 3.41. The smallest absolute Gasteiger partial charge is 0.128 e. The van der Waals surface area contributed by atoms with Gasteiger partial charge in [-0.2, -0.15) is 0 Å². The summed E-state index contributed by atoms with van der Waals surface area (Å²) < 4.78 is 0. The number of aromatic nitrogens is 2. The van der Waals surface area contributed by atoms with Crippen molar-refractivity contribution in [3.63, 3.8) is 0 Å². The molecule has 1 aromatic heterocycles. The van der Waals surface area contributed by atoms with Crippen molar-refractivity contribution in [1.29, 1.82) is 0 Å². The van der Waals surface area contributed by atoms with Crippen molar-refractivity contribution in [1.82, 2.24) is 15.3 Å². The Morgan fingerprint density at radius 3 is 3.00 bits per heavy atom. The molecule has 2 rings (SSSR count). The van der Waals surface area contributed by atoms with Gasteiger partial charge >= 0.3 is 0 Å². The summed E-state index contributed by atoms with van der Waals surface area (Å²) in [6.45, 7) is 5.36. The lowest BCUT2D eigenvalue weighted by Gasteiger charge is -2.17. The number of fused-ring (bicyclic) bond motifs is 1. The lowest BCUT2D eigenvalue weighted by molar-refractivity contribution is 0.502. The van der Waals surface area contributed by atoms with E-state index < -0.39 is 0 Å². The number of hydrogen-bond donors (Lipinski definition) is 1. The predicted molar refractivity (Wildman–Crippen MR) is 70.0 cm³/mol. The van der Waals surface area contributed by atoms with Crippen molar-refractivity contribution >= 4 is 0 Å². The second-order valence-electron chi connectivity index (χ2n) is 4.79. The summed E-state index contributed by atoms with van der Waals surface area (Å²) in [5, 5.41) is 3.55. The molecule has 0 aliphatic heterocycles. The minimum atomic E-state index is 0.466. The number of aryl methyl sites for hydroxylation is 2. The summed E-state index contributed by atoms with van der Waals surface area (Å²) in [5.74, 6) is 1.02. The molecule has 0 bridgehead atoms. The molecule has 0 saturated heterocycles. The molecule has 0 spiro atoms. The maximum absolute atomic E-state index is 4.74. The van der Waals surface area contributed by atoms with Gasteiger partial charge in [0.05, 0.1) is 0 Å². The van der Waals surface area contributed by atoms with Crippen molar-refractivity contribution in [2.24, 2.45) is 0 Å². The van der Waals surface area contributed by atoms with E-state index in [1.165, 1.54) is 30.5 Å². The molecule has 1 aromatic rings.